The SMILES string of the molecule is CNS(=O)(=O)c1nc(-c2cn(C)cn2)cnc1NC1C[C@@H]2[C@H](C1)C2(F)F. The first-order valence-electron chi connectivity index (χ1n) is 8.15. The molecule has 3 atom stereocenters. The Labute approximate surface area is 149 Å². The van der Waals surface area contributed by atoms with Crippen molar-refractivity contribution in [2.75, 3.05) is 12.4 Å². The van der Waals surface area contributed by atoms with Crippen LogP contribution in [0.5, 0.6) is 0 Å². The van der Waals surface area contributed by atoms with Gasteiger partial charge >= 0.3 is 0 Å². The van der Waals surface area contributed by atoms with Crippen LogP contribution in [0.15, 0.2) is 23.7 Å². The maximum absolute atomic E-state index is 13.3. The molecule has 2 fully saturated rings. The van der Waals surface area contributed by atoms with E-state index in [2.05, 4.69) is 25.0 Å². The molecule has 0 spiro atoms. The standard InChI is InChI=1S/C15H18F2N6O2S/c1-18-26(24,25)14-13(21-8-3-9-10(4-8)15(9,16)17)19-5-11(22-14)12-6-23(2)7-20-12/h5-10,18H,3-4H2,1-2H3,(H,19,21)/t8?,9-,10+. The van der Waals surface area contributed by atoms with Gasteiger partial charge in [-0.15, -0.1) is 0 Å². The third-order valence-corrected chi connectivity index (χ3v) is 6.35. The van der Waals surface area contributed by atoms with E-state index >= 15 is 0 Å². The number of imidazole rings is 1. The number of rotatable bonds is 5. The lowest BCUT2D eigenvalue weighted by molar-refractivity contribution is 0.0709. The molecule has 2 aromatic heterocycles. The summed E-state index contributed by atoms with van der Waals surface area (Å²) in [6.45, 7) is 0. The third kappa shape index (κ3) is 2.75. The van der Waals surface area contributed by atoms with Crippen molar-refractivity contribution in [3.05, 3.63) is 18.7 Å². The van der Waals surface area contributed by atoms with Gasteiger partial charge in [0.25, 0.3) is 15.9 Å². The second-order valence-corrected chi connectivity index (χ2v) is 8.54. The van der Waals surface area contributed by atoms with Crippen molar-refractivity contribution >= 4 is 15.8 Å². The minimum Gasteiger partial charge on any atom is -0.365 e. The Morgan fingerprint density at radius 3 is 2.50 bits per heavy atom. The Morgan fingerprint density at radius 1 is 1.23 bits per heavy atom. The summed E-state index contributed by atoms with van der Waals surface area (Å²) in [5.74, 6) is -3.75. The molecule has 0 radical (unpaired) electrons. The van der Waals surface area contributed by atoms with E-state index in [1.807, 2.05) is 0 Å². The van der Waals surface area contributed by atoms with E-state index < -0.39 is 27.8 Å². The van der Waals surface area contributed by atoms with Crippen molar-refractivity contribution in [3.8, 4) is 11.4 Å². The first-order valence-corrected chi connectivity index (χ1v) is 9.64. The lowest BCUT2D eigenvalue weighted by Crippen LogP contribution is -2.26. The van der Waals surface area contributed by atoms with E-state index in [1.165, 1.54) is 13.2 Å². The summed E-state index contributed by atoms with van der Waals surface area (Å²) in [7, 11) is -0.827. The fraction of sp³-hybridized carbons (Fsp3) is 0.533. The monoisotopic (exact) mass is 384 g/mol. The van der Waals surface area contributed by atoms with Gasteiger partial charge in [0.05, 0.1) is 12.5 Å². The quantitative estimate of drug-likeness (QED) is 0.804. The van der Waals surface area contributed by atoms with Gasteiger partial charge in [-0.3, -0.25) is 0 Å². The van der Waals surface area contributed by atoms with Crippen LogP contribution in [0.4, 0.5) is 14.6 Å². The van der Waals surface area contributed by atoms with Crippen molar-refractivity contribution < 1.29 is 17.2 Å². The van der Waals surface area contributed by atoms with Crippen LogP contribution >= 0.6 is 0 Å². The number of anilines is 1. The van der Waals surface area contributed by atoms with Gasteiger partial charge in [-0.2, -0.15) is 0 Å². The van der Waals surface area contributed by atoms with E-state index in [0.29, 0.717) is 24.2 Å². The second kappa shape index (κ2) is 5.68. The fourth-order valence-corrected chi connectivity index (χ4v) is 4.33. The van der Waals surface area contributed by atoms with Crippen LogP contribution in [0.2, 0.25) is 0 Å². The highest BCUT2D eigenvalue weighted by atomic mass is 32.2. The van der Waals surface area contributed by atoms with Crippen molar-refractivity contribution in [3.63, 3.8) is 0 Å². The van der Waals surface area contributed by atoms with Crippen molar-refractivity contribution in [1.82, 2.24) is 24.2 Å². The number of aryl methyl sites for hydroxylation is 1. The van der Waals surface area contributed by atoms with E-state index in [-0.39, 0.29) is 16.9 Å². The molecule has 8 nitrogen and oxygen atoms in total. The summed E-state index contributed by atoms with van der Waals surface area (Å²) in [5.41, 5.74) is 0.798. The fourth-order valence-electron chi connectivity index (χ4n) is 3.55. The van der Waals surface area contributed by atoms with Gasteiger partial charge in [-0.05, 0) is 19.9 Å². The Balaban J connectivity index is 1.64. The molecule has 2 heterocycles. The predicted octanol–water partition coefficient (Wildman–Crippen LogP) is 1.24. The molecule has 4 rings (SSSR count). The second-order valence-electron chi connectivity index (χ2n) is 6.74. The molecule has 0 bridgehead atoms. The molecule has 0 amide bonds. The molecular formula is C15H18F2N6O2S. The molecule has 0 saturated heterocycles. The smallest absolute Gasteiger partial charge is 0.261 e. The topological polar surface area (TPSA) is 102 Å². The molecule has 0 aromatic carbocycles. The Morgan fingerprint density at radius 2 is 1.92 bits per heavy atom. The molecule has 11 heteroatoms. The zero-order valence-electron chi connectivity index (χ0n) is 14.1. The molecule has 2 aromatic rings. The minimum absolute atomic E-state index is 0.0636. The molecule has 1 unspecified atom stereocenters. The molecule has 2 saturated carbocycles. The summed E-state index contributed by atoms with van der Waals surface area (Å²) in [4.78, 5) is 12.5. The number of nitrogens with one attached hydrogen (secondary N) is 2. The van der Waals surface area contributed by atoms with Crippen LogP contribution in [-0.2, 0) is 17.1 Å². The van der Waals surface area contributed by atoms with Crippen LogP contribution in [0.3, 0.4) is 0 Å². The normalized spacial score (nSPS) is 26.5. The zero-order valence-corrected chi connectivity index (χ0v) is 15.0. The predicted molar refractivity (Wildman–Crippen MR) is 89.1 cm³/mol. The van der Waals surface area contributed by atoms with Gasteiger partial charge in [0.2, 0.25) is 5.03 Å². The van der Waals surface area contributed by atoms with E-state index in [0.717, 1.165) is 0 Å². The van der Waals surface area contributed by atoms with Gasteiger partial charge in [-0.25, -0.2) is 36.9 Å². The summed E-state index contributed by atoms with van der Waals surface area (Å²) >= 11 is 0. The number of hydrogen-bond acceptors (Lipinski definition) is 6. The molecule has 0 aliphatic heterocycles. The number of fused-ring (bicyclic) bond motifs is 1. The highest BCUT2D eigenvalue weighted by molar-refractivity contribution is 7.89. The number of halogens is 2. The zero-order chi connectivity index (χ0) is 18.7. The average Bonchev–Trinajstić information content (AvgIpc) is 3.02. The maximum Gasteiger partial charge on any atom is 0.261 e. The van der Waals surface area contributed by atoms with Crippen molar-refractivity contribution in [2.24, 2.45) is 18.9 Å². The molecule has 2 aliphatic carbocycles. The van der Waals surface area contributed by atoms with Crippen LogP contribution < -0.4 is 10.0 Å². The van der Waals surface area contributed by atoms with E-state index in [4.69, 9.17) is 0 Å². The first-order chi connectivity index (χ1) is 12.2. The highest BCUT2D eigenvalue weighted by Crippen LogP contribution is 2.64. The van der Waals surface area contributed by atoms with E-state index in [1.54, 1.807) is 24.1 Å². The largest absolute Gasteiger partial charge is 0.365 e. The average molecular weight is 384 g/mol. The minimum atomic E-state index is -3.89. The maximum atomic E-state index is 13.3. The summed E-state index contributed by atoms with van der Waals surface area (Å²) in [6.07, 6.45) is 5.27. The van der Waals surface area contributed by atoms with Crippen LogP contribution in [0.1, 0.15) is 12.8 Å². The molecular weight excluding hydrogens is 366 g/mol. The molecule has 26 heavy (non-hydrogen) atoms. The van der Waals surface area contributed by atoms with Crippen molar-refractivity contribution in [2.45, 2.75) is 29.8 Å². The van der Waals surface area contributed by atoms with Gasteiger partial charge in [0, 0.05) is 31.1 Å². The number of hydrogen-bond donors (Lipinski definition) is 2. The molecule has 2 aliphatic rings. The number of alkyl halides is 2. The van der Waals surface area contributed by atoms with Crippen LogP contribution in [-0.4, -0.2) is 46.9 Å². The van der Waals surface area contributed by atoms with Gasteiger partial charge in [0.15, 0.2) is 5.82 Å². The van der Waals surface area contributed by atoms with Crippen molar-refractivity contribution in [1.29, 1.82) is 0 Å². The lowest BCUT2D eigenvalue weighted by Gasteiger charge is -2.18. The lowest BCUT2D eigenvalue weighted by atomic mass is 10.1. The van der Waals surface area contributed by atoms with Gasteiger partial charge in [0.1, 0.15) is 11.4 Å². The van der Waals surface area contributed by atoms with Crippen LogP contribution in [0.25, 0.3) is 11.4 Å². The van der Waals surface area contributed by atoms with Gasteiger partial charge < -0.3 is 9.88 Å². The number of aromatic nitrogens is 4. The van der Waals surface area contributed by atoms with E-state index in [9.17, 15) is 17.2 Å². The Hall–Kier alpha value is -2.14. The number of nitrogens with zero attached hydrogens (tertiary/aromatic N) is 4. The molecule has 2 N–H and O–H groups in total. The summed E-state index contributed by atoms with van der Waals surface area (Å²) < 4.78 is 55.4. The highest BCUT2D eigenvalue weighted by Gasteiger charge is 2.71. The van der Waals surface area contributed by atoms with Crippen LogP contribution in [0, 0.1) is 11.8 Å². The number of sulfonamides is 1. The molecule has 140 valence electrons. The third-order valence-electron chi connectivity index (χ3n) is 5.01. The first kappa shape index (κ1) is 17.3. The summed E-state index contributed by atoms with van der Waals surface area (Å²) in [5, 5.41) is 2.71. The summed E-state index contributed by atoms with van der Waals surface area (Å²) in [6, 6.07) is -0.245. The Kier molecular flexibility index (Phi) is 3.77. The van der Waals surface area contributed by atoms with Gasteiger partial charge in [-0.1, -0.05) is 0 Å². The Bertz CT molecular complexity index is 947.